The molecule has 0 unspecified atom stereocenters. The monoisotopic (exact) mass is 323 g/mol. The average molecular weight is 324 g/mol. The molecule has 1 N–H and O–H groups in total. The highest BCUT2D eigenvalue weighted by Gasteiger charge is 2.04. The number of aromatic nitrogens is 1. The molecule has 3 rings (SSSR count). The molecule has 0 aliphatic heterocycles. The van der Waals surface area contributed by atoms with E-state index in [1.54, 1.807) is 30.5 Å². The van der Waals surface area contributed by atoms with E-state index in [4.69, 9.17) is 11.6 Å². The van der Waals surface area contributed by atoms with E-state index in [0.717, 1.165) is 11.3 Å². The zero-order valence-electron chi connectivity index (χ0n) is 12.2. The van der Waals surface area contributed by atoms with Gasteiger partial charge in [0.25, 0.3) is 5.91 Å². The van der Waals surface area contributed by atoms with Gasteiger partial charge >= 0.3 is 0 Å². The summed E-state index contributed by atoms with van der Waals surface area (Å²) in [6, 6.07) is 18.4. The van der Waals surface area contributed by atoms with Crippen molar-refractivity contribution in [3.8, 4) is 5.69 Å². The first kappa shape index (κ1) is 15.1. The van der Waals surface area contributed by atoms with Crippen LogP contribution in [0, 0.1) is 0 Å². The molecule has 0 radical (unpaired) electrons. The van der Waals surface area contributed by atoms with Crippen LogP contribution < -0.4 is 5.43 Å². The first-order valence-electron chi connectivity index (χ1n) is 7.05. The number of hydrazone groups is 1. The molecule has 0 aliphatic carbocycles. The largest absolute Gasteiger partial charge is 0.324 e. The van der Waals surface area contributed by atoms with Gasteiger partial charge < -0.3 is 4.57 Å². The normalized spacial score (nSPS) is 10.8. The fourth-order valence-electron chi connectivity index (χ4n) is 2.07. The number of benzene rings is 2. The van der Waals surface area contributed by atoms with Crippen molar-refractivity contribution >= 4 is 23.7 Å². The summed E-state index contributed by atoms with van der Waals surface area (Å²) in [6.45, 7) is 0. The summed E-state index contributed by atoms with van der Waals surface area (Å²) in [6.07, 6.45) is 5.47. The smallest absolute Gasteiger partial charge is 0.271 e. The minimum atomic E-state index is -0.255. The van der Waals surface area contributed by atoms with E-state index < -0.39 is 0 Å². The third kappa shape index (κ3) is 3.87. The number of carbonyl (C=O) groups excluding carboxylic acids is 1. The summed E-state index contributed by atoms with van der Waals surface area (Å²) in [5, 5.41) is 4.61. The van der Waals surface area contributed by atoms with Crippen LogP contribution in [0.2, 0.25) is 5.02 Å². The molecule has 0 aliphatic rings. The molecule has 0 saturated carbocycles. The van der Waals surface area contributed by atoms with Crippen molar-refractivity contribution in [3.05, 3.63) is 89.2 Å². The molecule has 0 spiro atoms. The Labute approximate surface area is 139 Å². The van der Waals surface area contributed by atoms with Crippen molar-refractivity contribution in [2.24, 2.45) is 5.10 Å². The van der Waals surface area contributed by atoms with Crippen molar-refractivity contribution in [1.29, 1.82) is 0 Å². The Kier molecular flexibility index (Phi) is 4.54. The van der Waals surface area contributed by atoms with Crippen LogP contribution in [0.3, 0.4) is 0 Å². The topological polar surface area (TPSA) is 46.4 Å². The number of halogens is 1. The average Bonchev–Trinajstić information content (AvgIpc) is 3.11. The van der Waals surface area contributed by atoms with Crippen molar-refractivity contribution < 1.29 is 4.79 Å². The van der Waals surface area contributed by atoms with Gasteiger partial charge in [-0.3, -0.25) is 4.79 Å². The lowest BCUT2D eigenvalue weighted by Crippen LogP contribution is -2.17. The molecule has 1 heterocycles. The lowest BCUT2D eigenvalue weighted by Gasteiger charge is -2.04. The Morgan fingerprint density at radius 3 is 2.30 bits per heavy atom. The summed E-state index contributed by atoms with van der Waals surface area (Å²) in [4.78, 5) is 12.0. The highest BCUT2D eigenvalue weighted by Crippen LogP contribution is 2.10. The van der Waals surface area contributed by atoms with E-state index in [9.17, 15) is 4.79 Å². The van der Waals surface area contributed by atoms with Gasteiger partial charge in [0.2, 0.25) is 0 Å². The molecule has 23 heavy (non-hydrogen) atoms. The Hall–Kier alpha value is -2.85. The van der Waals surface area contributed by atoms with Crippen molar-refractivity contribution in [2.45, 2.75) is 0 Å². The second kappa shape index (κ2) is 6.94. The van der Waals surface area contributed by atoms with Gasteiger partial charge in [0.05, 0.1) is 6.21 Å². The zero-order chi connectivity index (χ0) is 16.1. The number of hydrogen-bond donors (Lipinski definition) is 1. The number of nitrogens with zero attached hydrogens (tertiary/aromatic N) is 2. The summed E-state index contributed by atoms with van der Waals surface area (Å²) >= 11 is 5.81. The number of hydrogen-bond acceptors (Lipinski definition) is 2. The van der Waals surface area contributed by atoms with Crippen LogP contribution >= 0.6 is 11.6 Å². The Morgan fingerprint density at radius 2 is 1.65 bits per heavy atom. The zero-order valence-corrected chi connectivity index (χ0v) is 12.9. The van der Waals surface area contributed by atoms with Crippen LogP contribution in [-0.4, -0.2) is 16.7 Å². The van der Waals surface area contributed by atoms with Gasteiger partial charge in [0.1, 0.15) is 0 Å². The highest BCUT2D eigenvalue weighted by molar-refractivity contribution is 6.30. The van der Waals surface area contributed by atoms with Gasteiger partial charge in [0, 0.05) is 28.7 Å². The molecule has 1 aromatic heterocycles. The second-order valence-electron chi connectivity index (χ2n) is 4.89. The molecule has 114 valence electrons. The van der Waals surface area contributed by atoms with E-state index in [-0.39, 0.29) is 5.91 Å². The highest BCUT2D eigenvalue weighted by atomic mass is 35.5. The van der Waals surface area contributed by atoms with Crippen LogP contribution in [0.5, 0.6) is 0 Å². The third-order valence-electron chi connectivity index (χ3n) is 3.28. The SMILES string of the molecule is O=C(N/N=C/c1ccc(Cl)cc1)c1ccc(-n2cccc2)cc1. The van der Waals surface area contributed by atoms with Gasteiger partial charge in [-0.25, -0.2) is 5.43 Å². The first-order chi connectivity index (χ1) is 11.2. The van der Waals surface area contributed by atoms with Gasteiger partial charge in [-0.2, -0.15) is 5.10 Å². The van der Waals surface area contributed by atoms with Gasteiger partial charge in [-0.15, -0.1) is 0 Å². The predicted molar refractivity (Wildman–Crippen MR) is 92.3 cm³/mol. The maximum Gasteiger partial charge on any atom is 0.271 e. The van der Waals surface area contributed by atoms with Gasteiger partial charge in [-0.05, 0) is 54.1 Å². The van der Waals surface area contributed by atoms with Crippen molar-refractivity contribution in [2.75, 3.05) is 0 Å². The first-order valence-corrected chi connectivity index (χ1v) is 7.42. The second-order valence-corrected chi connectivity index (χ2v) is 5.32. The minimum Gasteiger partial charge on any atom is -0.324 e. The molecule has 3 aromatic rings. The molecular weight excluding hydrogens is 310 g/mol. The standard InChI is InChI=1S/C18H14ClN3O/c19-16-7-3-14(4-8-16)13-20-21-18(23)15-5-9-17(10-6-15)22-11-1-2-12-22/h1-13H,(H,21,23)/b20-13+. The molecule has 0 bridgehead atoms. The van der Waals surface area contributed by atoms with E-state index in [1.165, 1.54) is 0 Å². The Morgan fingerprint density at radius 1 is 1.00 bits per heavy atom. The van der Waals surface area contributed by atoms with Crippen LogP contribution in [0.15, 0.2) is 78.2 Å². The summed E-state index contributed by atoms with van der Waals surface area (Å²) in [5.41, 5.74) is 4.91. The summed E-state index contributed by atoms with van der Waals surface area (Å²) < 4.78 is 1.97. The lowest BCUT2D eigenvalue weighted by atomic mass is 10.2. The summed E-state index contributed by atoms with van der Waals surface area (Å²) in [7, 11) is 0. The van der Waals surface area contributed by atoms with Crippen LogP contribution in [0.25, 0.3) is 5.69 Å². The predicted octanol–water partition coefficient (Wildman–Crippen LogP) is 3.89. The van der Waals surface area contributed by atoms with Crippen molar-refractivity contribution in [3.63, 3.8) is 0 Å². The molecule has 0 atom stereocenters. The molecule has 5 heteroatoms. The Balaban J connectivity index is 1.63. The maximum atomic E-state index is 12.0. The van der Waals surface area contributed by atoms with Crippen molar-refractivity contribution in [1.82, 2.24) is 9.99 Å². The fourth-order valence-corrected chi connectivity index (χ4v) is 2.20. The Bertz CT molecular complexity index is 806. The lowest BCUT2D eigenvalue weighted by molar-refractivity contribution is 0.0955. The van der Waals surface area contributed by atoms with Gasteiger partial charge in [0.15, 0.2) is 0 Å². The number of rotatable bonds is 4. The van der Waals surface area contributed by atoms with Crippen LogP contribution in [-0.2, 0) is 0 Å². The third-order valence-corrected chi connectivity index (χ3v) is 3.53. The van der Waals surface area contributed by atoms with E-state index in [1.807, 2.05) is 53.4 Å². The fraction of sp³-hybridized carbons (Fsp3) is 0. The van der Waals surface area contributed by atoms with E-state index in [0.29, 0.717) is 10.6 Å². The van der Waals surface area contributed by atoms with Gasteiger partial charge in [-0.1, -0.05) is 23.7 Å². The van der Waals surface area contributed by atoms with Crippen LogP contribution in [0.1, 0.15) is 15.9 Å². The minimum absolute atomic E-state index is 0.255. The number of amides is 1. The molecule has 1 amide bonds. The number of nitrogens with one attached hydrogen (secondary N) is 1. The van der Waals surface area contributed by atoms with E-state index >= 15 is 0 Å². The number of carbonyl (C=O) groups is 1. The van der Waals surface area contributed by atoms with Crippen LogP contribution in [0.4, 0.5) is 0 Å². The van der Waals surface area contributed by atoms with E-state index in [2.05, 4.69) is 10.5 Å². The molecular formula is C18H14ClN3O. The molecule has 2 aromatic carbocycles. The quantitative estimate of drug-likeness (QED) is 0.574. The molecule has 0 fully saturated rings. The maximum absolute atomic E-state index is 12.0. The molecule has 4 nitrogen and oxygen atoms in total. The molecule has 0 saturated heterocycles. The summed E-state index contributed by atoms with van der Waals surface area (Å²) in [5.74, 6) is -0.255.